The first-order chi connectivity index (χ1) is 10.5. The third-order valence-corrected chi connectivity index (χ3v) is 5.85. The van der Waals surface area contributed by atoms with Gasteiger partial charge in [-0.1, -0.05) is 23.9 Å². The van der Waals surface area contributed by atoms with Crippen molar-refractivity contribution in [2.75, 3.05) is 0 Å². The highest BCUT2D eigenvalue weighted by atomic mass is 32.2. The van der Waals surface area contributed by atoms with Crippen LogP contribution in [0.2, 0.25) is 0 Å². The SMILES string of the molecule is Cc1sc2nc(SCc3ccc(F)cc3)n(C)c(=O)c2c1C. The molecule has 22 heavy (non-hydrogen) atoms. The minimum Gasteiger partial charge on any atom is -0.290 e. The Morgan fingerprint density at radius 2 is 1.95 bits per heavy atom. The predicted octanol–water partition coefficient (Wildman–Crippen LogP) is 4.04. The minimum atomic E-state index is -0.245. The summed E-state index contributed by atoms with van der Waals surface area (Å²) in [6, 6.07) is 6.38. The number of aromatic nitrogens is 2. The Morgan fingerprint density at radius 1 is 1.27 bits per heavy atom. The standard InChI is InChI=1S/C16H15FN2OS2/c1-9-10(2)22-14-13(9)15(20)19(3)16(18-14)21-8-11-4-6-12(17)7-5-11/h4-7H,8H2,1-3H3. The van der Waals surface area contributed by atoms with Gasteiger partial charge in [-0.2, -0.15) is 0 Å². The van der Waals surface area contributed by atoms with Crippen LogP contribution in [0.15, 0.2) is 34.2 Å². The number of fused-ring (bicyclic) bond motifs is 1. The number of aryl methyl sites for hydroxylation is 2. The number of nitrogens with zero attached hydrogens (tertiary/aromatic N) is 2. The molecule has 0 atom stereocenters. The minimum absolute atomic E-state index is 0.00606. The summed E-state index contributed by atoms with van der Waals surface area (Å²) in [6.45, 7) is 3.97. The lowest BCUT2D eigenvalue weighted by Gasteiger charge is -2.07. The molecule has 0 unspecified atom stereocenters. The highest BCUT2D eigenvalue weighted by Gasteiger charge is 2.14. The van der Waals surface area contributed by atoms with Crippen LogP contribution in [0.4, 0.5) is 4.39 Å². The van der Waals surface area contributed by atoms with Gasteiger partial charge in [0.05, 0.1) is 5.39 Å². The molecule has 2 heterocycles. The van der Waals surface area contributed by atoms with E-state index < -0.39 is 0 Å². The van der Waals surface area contributed by atoms with Crippen molar-refractivity contribution in [3.63, 3.8) is 0 Å². The van der Waals surface area contributed by atoms with Crippen LogP contribution in [0.25, 0.3) is 10.2 Å². The van der Waals surface area contributed by atoms with Gasteiger partial charge in [0.25, 0.3) is 5.56 Å². The fourth-order valence-corrected chi connectivity index (χ4v) is 4.21. The molecule has 0 radical (unpaired) electrons. The van der Waals surface area contributed by atoms with Gasteiger partial charge in [-0.05, 0) is 37.1 Å². The molecule has 0 saturated carbocycles. The van der Waals surface area contributed by atoms with Gasteiger partial charge in [0, 0.05) is 17.7 Å². The van der Waals surface area contributed by atoms with Gasteiger partial charge in [-0.15, -0.1) is 11.3 Å². The van der Waals surface area contributed by atoms with E-state index in [-0.39, 0.29) is 11.4 Å². The number of rotatable bonds is 3. The Morgan fingerprint density at radius 3 is 2.64 bits per heavy atom. The maximum Gasteiger partial charge on any atom is 0.262 e. The van der Waals surface area contributed by atoms with Crippen molar-refractivity contribution < 1.29 is 4.39 Å². The van der Waals surface area contributed by atoms with Gasteiger partial charge in [0.1, 0.15) is 10.6 Å². The number of thiophene rings is 1. The Labute approximate surface area is 135 Å². The summed E-state index contributed by atoms with van der Waals surface area (Å²) in [7, 11) is 1.74. The molecule has 114 valence electrons. The van der Waals surface area contributed by atoms with E-state index in [1.807, 2.05) is 13.8 Å². The number of halogens is 1. The van der Waals surface area contributed by atoms with Crippen LogP contribution in [-0.4, -0.2) is 9.55 Å². The molecular formula is C16H15FN2OS2. The molecule has 0 spiro atoms. The molecule has 0 aliphatic rings. The molecule has 3 nitrogen and oxygen atoms in total. The zero-order chi connectivity index (χ0) is 15.9. The van der Waals surface area contributed by atoms with Crippen LogP contribution in [0, 0.1) is 19.7 Å². The lowest BCUT2D eigenvalue weighted by Crippen LogP contribution is -2.19. The quantitative estimate of drug-likeness (QED) is 0.535. The van der Waals surface area contributed by atoms with Gasteiger partial charge in [-0.25, -0.2) is 9.37 Å². The first kappa shape index (κ1) is 15.2. The lowest BCUT2D eigenvalue weighted by atomic mass is 10.2. The van der Waals surface area contributed by atoms with Crippen molar-refractivity contribution in [1.82, 2.24) is 9.55 Å². The topological polar surface area (TPSA) is 34.9 Å². The second-order valence-electron chi connectivity index (χ2n) is 5.14. The molecule has 0 fully saturated rings. The van der Waals surface area contributed by atoms with Crippen LogP contribution in [0.5, 0.6) is 0 Å². The third-order valence-electron chi connectivity index (χ3n) is 3.65. The van der Waals surface area contributed by atoms with Crippen LogP contribution < -0.4 is 5.56 Å². The molecule has 2 aromatic heterocycles. The lowest BCUT2D eigenvalue weighted by molar-refractivity contribution is 0.627. The predicted molar refractivity (Wildman–Crippen MR) is 90.3 cm³/mol. The van der Waals surface area contributed by atoms with Gasteiger partial charge in [0.2, 0.25) is 0 Å². The van der Waals surface area contributed by atoms with Crippen molar-refractivity contribution in [2.45, 2.75) is 24.8 Å². The van der Waals surface area contributed by atoms with E-state index in [0.717, 1.165) is 26.2 Å². The molecule has 1 aromatic carbocycles. The summed E-state index contributed by atoms with van der Waals surface area (Å²) >= 11 is 3.04. The van der Waals surface area contributed by atoms with E-state index in [9.17, 15) is 9.18 Å². The summed E-state index contributed by atoms with van der Waals surface area (Å²) in [5.74, 6) is 0.403. The normalized spacial score (nSPS) is 11.3. The first-order valence-corrected chi connectivity index (χ1v) is 8.61. The Balaban J connectivity index is 1.95. The van der Waals surface area contributed by atoms with Crippen molar-refractivity contribution in [1.29, 1.82) is 0 Å². The largest absolute Gasteiger partial charge is 0.290 e. The third kappa shape index (κ3) is 2.68. The Kier molecular flexibility index (Phi) is 4.06. The number of thioether (sulfide) groups is 1. The summed E-state index contributed by atoms with van der Waals surface area (Å²) < 4.78 is 14.5. The molecule has 0 bridgehead atoms. The summed E-state index contributed by atoms with van der Waals surface area (Å²) in [5, 5.41) is 1.40. The zero-order valence-corrected chi connectivity index (χ0v) is 14.1. The second kappa shape index (κ2) is 5.85. The van der Waals surface area contributed by atoms with Crippen LogP contribution in [0.1, 0.15) is 16.0 Å². The maximum atomic E-state index is 12.9. The van der Waals surface area contributed by atoms with Crippen LogP contribution in [0.3, 0.4) is 0 Å². The smallest absolute Gasteiger partial charge is 0.262 e. The molecule has 0 aliphatic carbocycles. The van der Waals surface area contributed by atoms with Crippen LogP contribution >= 0.6 is 23.1 Å². The van der Waals surface area contributed by atoms with Gasteiger partial charge >= 0.3 is 0 Å². The average molecular weight is 334 g/mol. The molecular weight excluding hydrogens is 319 g/mol. The molecule has 0 amide bonds. The van der Waals surface area contributed by atoms with E-state index in [1.54, 1.807) is 35.1 Å². The number of hydrogen-bond acceptors (Lipinski definition) is 4. The van der Waals surface area contributed by atoms with E-state index in [2.05, 4.69) is 4.98 Å². The monoisotopic (exact) mass is 334 g/mol. The van der Waals surface area contributed by atoms with E-state index in [1.165, 1.54) is 23.9 Å². The average Bonchev–Trinajstić information content (AvgIpc) is 2.78. The van der Waals surface area contributed by atoms with Crippen molar-refractivity contribution in [2.24, 2.45) is 7.05 Å². The van der Waals surface area contributed by atoms with Crippen molar-refractivity contribution >= 4 is 33.3 Å². The number of hydrogen-bond donors (Lipinski definition) is 0. The Hall–Kier alpha value is -1.66. The molecule has 3 rings (SSSR count). The van der Waals surface area contributed by atoms with Crippen molar-refractivity contribution in [3.8, 4) is 0 Å². The highest BCUT2D eigenvalue weighted by Crippen LogP contribution is 2.28. The second-order valence-corrected chi connectivity index (χ2v) is 7.28. The molecule has 3 aromatic rings. The molecule has 0 aliphatic heterocycles. The molecule has 0 saturated heterocycles. The molecule has 0 N–H and O–H groups in total. The van der Waals surface area contributed by atoms with Gasteiger partial charge in [-0.3, -0.25) is 9.36 Å². The fourth-order valence-electron chi connectivity index (χ4n) is 2.21. The first-order valence-electron chi connectivity index (χ1n) is 6.81. The van der Waals surface area contributed by atoms with E-state index in [0.29, 0.717) is 10.9 Å². The maximum absolute atomic E-state index is 12.9. The van der Waals surface area contributed by atoms with Gasteiger partial charge < -0.3 is 0 Å². The number of benzene rings is 1. The summed E-state index contributed by atoms with van der Waals surface area (Å²) in [4.78, 5) is 19.0. The van der Waals surface area contributed by atoms with Crippen LogP contribution in [-0.2, 0) is 12.8 Å². The summed E-state index contributed by atoms with van der Waals surface area (Å²) in [6.07, 6.45) is 0. The highest BCUT2D eigenvalue weighted by molar-refractivity contribution is 7.98. The summed E-state index contributed by atoms with van der Waals surface area (Å²) in [5.41, 5.74) is 2.01. The van der Waals surface area contributed by atoms with E-state index >= 15 is 0 Å². The van der Waals surface area contributed by atoms with E-state index in [4.69, 9.17) is 0 Å². The molecule has 6 heteroatoms. The fraction of sp³-hybridized carbons (Fsp3) is 0.250. The van der Waals surface area contributed by atoms with Crippen molar-refractivity contribution in [3.05, 3.63) is 56.4 Å². The Bertz CT molecular complexity index is 897. The zero-order valence-electron chi connectivity index (χ0n) is 12.5. The van der Waals surface area contributed by atoms with Gasteiger partial charge in [0.15, 0.2) is 5.16 Å².